The van der Waals surface area contributed by atoms with Crippen LogP contribution in [0.2, 0.25) is 0 Å². The minimum Gasteiger partial charge on any atom is -0.309 e. The number of nitrogens with zero attached hydrogens (tertiary/aromatic N) is 1. The average molecular weight is 300 g/mol. The number of hydrogen-bond donors (Lipinski definition) is 1. The lowest BCUT2D eigenvalue weighted by molar-refractivity contribution is 0.510. The Morgan fingerprint density at radius 2 is 2.05 bits per heavy atom. The van der Waals surface area contributed by atoms with Gasteiger partial charge >= 0.3 is 0 Å². The van der Waals surface area contributed by atoms with E-state index in [1.807, 2.05) is 0 Å². The molecule has 1 atom stereocenters. The van der Waals surface area contributed by atoms with Crippen LogP contribution >= 0.6 is 23.5 Å². The van der Waals surface area contributed by atoms with Gasteiger partial charge in [0, 0.05) is 23.3 Å². The molecule has 19 heavy (non-hydrogen) atoms. The summed E-state index contributed by atoms with van der Waals surface area (Å²) in [5, 5.41) is 0.181. The van der Waals surface area contributed by atoms with Gasteiger partial charge in [-0.15, -0.1) is 11.8 Å². The summed E-state index contributed by atoms with van der Waals surface area (Å²) in [6, 6.07) is 1.87. The number of thioether (sulfide) groups is 2. The molecule has 100 valence electrons. The highest BCUT2D eigenvalue weighted by Crippen LogP contribution is 2.34. The van der Waals surface area contributed by atoms with Gasteiger partial charge in [-0.1, -0.05) is 0 Å². The molecule has 0 unspecified atom stereocenters. The Bertz CT molecular complexity index is 683. The molecule has 2 heterocycles. The topological polar surface area (TPSA) is 45.8 Å². The Kier molecular flexibility index (Phi) is 3.49. The van der Waals surface area contributed by atoms with Gasteiger partial charge in [0.15, 0.2) is 11.6 Å². The second kappa shape index (κ2) is 5.13. The minimum atomic E-state index is -1.03. The standard InChI is InChI=1S/C12H10F2N2OS2/c13-7-3-6-9(4-8(7)14)15-11(16-12(6)17)10-5-18-1-2-19-10/h3-4,10H,1-2,5H2,(H,15,16,17)/t10-/m0/s1. The fourth-order valence-corrected chi connectivity index (χ4v) is 4.57. The van der Waals surface area contributed by atoms with E-state index >= 15 is 0 Å². The lowest BCUT2D eigenvalue weighted by Crippen LogP contribution is -2.17. The first kappa shape index (κ1) is 12.9. The molecule has 7 heteroatoms. The highest BCUT2D eigenvalue weighted by molar-refractivity contribution is 8.06. The summed E-state index contributed by atoms with van der Waals surface area (Å²) in [6.07, 6.45) is 0. The molecule has 0 aliphatic carbocycles. The van der Waals surface area contributed by atoms with Crippen molar-refractivity contribution >= 4 is 34.4 Å². The van der Waals surface area contributed by atoms with E-state index in [-0.39, 0.29) is 16.2 Å². The number of aromatic amines is 1. The van der Waals surface area contributed by atoms with E-state index in [4.69, 9.17) is 0 Å². The second-order valence-electron chi connectivity index (χ2n) is 4.17. The maximum atomic E-state index is 13.2. The lowest BCUT2D eigenvalue weighted by atomic mass is 10.2. The molecule has 2 aromatic rings. The number of rotatable bonds is 1. The van der Waals surface area contributed by atoms with Gasteiger partial charge in [0.2, 0.25) is 0 Å². The number of halogens is 2. The van der Waals surface area contributed by atoms with Crippen molar-refractivity contribution in [3.8, 4) is 0 Å². The maximum absolute atomic E-state index is 13.2. The zero-order chi connectivity index (χ0) is 13.4. The third-order valence-corrected chi connectivity index (χ3v) is 5.65. The highest BCUT2D eigenvalue weighted by atomic mass is 32.2. The lowest BCUT2D eigenvalue weighted by Gasteiger charge is -2.20. The van der Waals surface area contributed by atoms with Gasteiger partial charge in [-0.3, -0.25) is 4.79 Å². The highest BCUT2D eigenvalue weighted by Gasteiger charge is 2.20. The van der Waals surface area contributed by atoms with E-state index in [2.05, 4.69) is 9.97 Å². The van der Waals surface area contributed by atoms with Crippen molar-refractivity contribution in [2.75, 3.05) is 17.3 Å². The summed E-state index contributed by atoms with van der Waals surface area (Å²) in [5.74, 6) is 1.47. The number of aromatic nitrogens is 2. The number of nitrogens with one attached hydrogen (secondary N) is 1. The van der Waals surface area contributed by atoms with E-state index < -0.39 is 17.2 Å². The monoisotopic (exact) mass is 300 g/mol. The molecule has 1 aliphatic rings. The first-order valence-corrected chi connectivity index (χ1v) is 7.94. The van der Waals surface area contributed by atoms with E-state index in [1.54, 1.807) is 23.5 Å². The van der Waals surface area contributed by atoms with E-state index in [9.17, 15) is 13.6 Å². The summed E-state index contributed by atoms with van der Waals surface area (Å²) < 4.78 is 26.3. The van der Waals surface area contributed by atoms with Crippen molar-refractivity contribution in [3.05, 3.63) is 39.9 Å². The Balaban J connectivity index is 2.13. The predicted molar refractivity (Wildman–Crippen MR) is 74.8 cm³/mol. The SMILES string of the molecule is O=c1[nH]c([C@@H]2CSCCS2)nc2cc(F)c(F)cc12. The third-order valence-electron chi connectivity index (χ3n) is 2.89. The van der Waals surface area contributed by atoms with E-state index in [1.165, 1.54) is 0 Å². The van der Waals surface area contributed by atoms with Gasteiger partial charge in [0.25, 0.3) is 5.56 Å². The maximum Gasteiger partial charge on any atom is 0.258 e. The smallest absolute Gasteiger partial charge is 0.258 e. The van der Waals surface area contributed by atoms with Crippen molar-refractivity contribution in [1.82, 2.24) is 9.97 Å². The molecular weight excluding hydrogens is 290 g/mol. The summed E-state index contributed by atoms with van der Waals surface area (Å²) in [6.45, 7) is 0. The first-order valence-electron chi connectivity index (χ1n) is 5.73. The molecule has 0 amide bonds. The predicted octanol–water partition coefficient (Wildman–Crippen LogP) is 2.72. The molecule has 1 N–H and O–H groups in total. The van der Waals surface area contributed by atoms with Gasteiger partial charge in [-0.05, 0) is 6.07 Å². The second-order valence-corrected chi connectivity index (χ2v) is 6.63. The van der Waals surface area contributed by atoms with Crippen LogP contribution in [0, 0.1) is 11.6 Å². The first-order chi connectivity index (χ1) is 9.15. The Labute approximate surface area is 116 Å². The molecule has 3 rings (SSSR count). The Morgan fingerprint density at radius 3 is 2.79 bits per heavy atom. The number of benzene rings is 1. The third kappa shape index (κ3) is 2.49. The minimum absolute atomic E-state index is 0.0797. The fraction of sp³-hybridized carbons (Fsp3) is 0.333. The molecular formula is C12H10F2N2OS2. The molecule has 0 saturated carbocycles. The summed E-state index contributed by atoms with van der Waals surface area (Å²) in [4.78, 5) is 18.8. The molecule has 0 radical (unpaired) electrons. The Morgan fingerprint density at radius 1 is 1.26 bits per heavy atom. The van der Waals surface area contributed by atoms with Crippen molar-refractivity contribution in [1.29, 1.82) is 0 Å². The van der Waals surface area contributed by atoms with Crippen LogP contribution in [0.5, 0.6) is 0 Å². The Hall–Kier alpha value is -1.08. The van der Waals surface area contributed by atoms with Crippen molar-refractivity contribution in [2.45, 2.75) is 5.25 Å². The molecule has 0 spiro atoms. The normalized spacial score (nSPS) is 19.8. The van der Waals surface area contributed by atoms with Crippen LogP contribution < -0.4 is 5.56 Å². The number of fused-ring (bicyclic) bond motifs is 1. The van der Waals surface area contributed by atoms with Crippen molar-refractivity contribution in [2.24, 2.45) is 0 Å². The molecule has 1 fully saturated rings. The van der Waals surface area contributed by atoms with Crippen molar-refractivity contribution < 1.29 is 8.78 Å². The summed E-state index contributed by atoms with van der Waals surface area (Å²) in [7, 11) is 0. The van der Waals surface area contributed by atoms with Gasteiger partial charge in [-0.25, -0.2) is 13.8 Å². The van der Waals surface area contributed by atoms with Crippen LogP contribution in [0.3, 0.4) is 0 Å². The van der Waals surface area contributed by atoms with Gasteiger partial charge in [0.05, 0.1) is 16.2 Å². The van der Waals surface area contributed by atoms with Crippen LogP contribution in [0.4, 0.5) is 8.78 Å². The van der Waals surface area contributed by atoms with E-state index in [0.717, 1.165) is 29.4 Å². The largest absolute Gasteiger partial charge is 0.309 e. The van der Waals surface area contributed by atoms with Crippen LogP contribution in [0.15, 0.2) is 16.9 Å². The molecule has 1 aromatic heterocycles. The zero-order valence-electron chi connectivity index (χ0n) is 9.78. The fourth-order valence-electron chi connectivity index (χ4n) is 1.95. The molecule has 1 aliphatic heterocycles. The van der Waals surface area contributed by atoms with Gasteiger partial charge < -0.3 is 4.98 Å². The van der Waals surface area contributed by atoms with Crippen LogP contribution in [0.1, 0.15) is 11.1 Å². The van der Waals surface area contributed by atoms with E-state index in [0.29, 0.717) is 5.82 Å². The molecule has 1 saturated heterocycles. The van der Waals surface area contributed by atoms with Crippen LogP contribution in [-0.2, 0) is 0 Å². The number of H-pyrrole nitrogens is 1. The van der Waals surface area contributed by atoms with Crippen molar-refractivity contribution in [3.63, 3.8) is 0 Å². The molecule has 1 aromatic carbocycles. The number of hydrogen-bond acceptors (Lipinski definition) is 4. The zero-order valence-corrected chi connectivity index (χ0v) is 11.4. The van der Waals surface area contributed by atoms with Gasteiger partial charge in [0.1, 0.15) is 5.82 Å². The molecule has 3 nitrogen and oxygen atoms in total. The molecule has 0 bridgehead atoms. The van der Waals surface area contributed by atoms with Crippen LogP contribution in [0.25, 0.3) is 10.9 Å². The van der Waals surface area contributed by atoms with Gasteiger partial charge in [-0.2, -0.15) is 11.8 Å². The van der Waals surface area contributed by atoms with Crippen LogP contribution in [-0.4, -0.2) is 27.2 Å². The quantitative estimate of drug-likeness (QED) is 0.879. The summed E-state index contributed by atoms with van der Waals surface area (Å²) in [5.41, 5.74) is -0.219. The average Bonchev–Trinajstić information content (AvgIpc) is 2.42. The summed E-state index contributed by atoms with van der Waals surface area (Å²) >= 11 is 3.52.